The van der Waals surface area contributed by atoms with Gasteiger partial charge in [0.25, 0.3) is 5.91 Å². The summed E-state index contributed by atoms with van der Waals surface area (Å²) in [5, 5.41) is 0. The van der Waals surface area contributed by atoms with Gasteiger partial charge in [-0.25, -0.2) is 9.97 Å². The summed E-state index contributed by atoms with van der Waals surface area (Å²) in [6, 6.07) is 20.1. The summed E-state index contributed by atoms with van der Waals surface area (Å²) in [5.41, 5.74) is 4.64. The van der Waals surface area contributed by atoms with Gasteiger partial charge in [0.2, 0.25) is 5.95 Å². The minimum atomic E-state index is -0.0625. The second kappa shape index (κ2) is 7.80. The van der Waals surface area contributed by atoms with Gasteiger partial charge in [-0.05, 0) is 43.5 Å². The van der Waals surface area contributed by atoms with Crippen LogP contribution in [0.3, 0.4) is 0 Å². The fraction of sp³-hybridized carbons (Fsp3) is 0.261. The third-order valence-corrected chi connectivity index (χ3v) is 5.07. The standard InChI is InChI=1S/C23H24N4O/c1-3-26(16-18-9-5-4-6-10-18)23-24-17(2)15-20(25-23)22(28)27-14-13-19-11-7-8-12-21(19)27/h4-12,15H,3,13-14,16H2,1-2H3. The smallest absolute Gasteiger partial charge is 0.277 e. The summed E-state index contributed by atoms with van der Waals surface area (Å²) in [4.78, 5) is 26.4. The molecule has 0 N–H and O–H groups in total. The van der Waals surface area contributed by atoms with Crippen LogP contribution >= 0.6 is 0 Å². The van der Waals surface area contributed by atoms with Crippen molar-refractivity contribution in [3.8, 4) is 0 Å². The highest BCUT2D eigenvalue weighted by Crippen LogP contribution is 2.29. The lowest BCUT2D eigenvalue weighted by molar-refractivity contribution is 0.0984. The summed E-state index contributed by atoms with van der Waals surface area (Å²) in [5.74, 6) is 0.537. The molecule has 1 aliphatic heterocycles. The van der Waals surface area contributed by atoms with Crippen molar-refractivity contribution < 1.29 is 4.79 Å². The Hall–Kier alpha value is -3.21. The Morgan fingerprint density at radius 3 is 2.61 bits per heavy atom. The minimum Gasteiger partial charge on any atom is -0.337 e. The molecule has 5 heteroatoms. The molecule has 142 valence electrons. The normalized spacial score (nSPS) is 12.7. The largest absolute Gasteiger partial charge is 0.337 e. The molecule has 3 aromatic rings. The lowest BCUT2D eigenvalue weighted by Crippen LogP contribution is -2.31. The van der Waals surface area contributed by atoms with Crippen molar-refractivity contribution >= 4 is 17.5 Å². The number of carbonyl (C=O) groups excluding carboxylic acids is 1. The van der Waals surface area contributed by atoms with E-state index in [1.54, 1.807) is 6.07 Å². The maximum Gasteiger partial charge on any atom is 0.277 e. The van der Waals surface area contributed by atoms with Crippen LogP contribution in [0.4, 0.5) is 11.6 Å². The van der Waals surface area contributed by atoms with Crippen LogP contribution in [0.25, 0.3) is 0 Å². The van der Waals surface area contributed by atoms with Gasteiger partial charge in [-0.3, -0.25) is 4.79 Å². The van der Waals surface area contributed by atoms with Gasteiger partial charge >= 0.3 is 0 Å². The van der Waals surface area contributed by atoms with Crippen LogP contribution < -0.4 is 9.80 Å². The molecule has 1 aromatic heterocycles. The average molecular weight is 372 g/mol. The summed E-state index contributed by atoms with van der Waals surface area (Å²) < 4.78 is 0. The molecular weight excluding hydrogens is 348 g/mol. The van der Waals surface area contributed by atoms with Gasteiger partial charge in [0, 0.05) is 31.0 Å². The van der Waals surface area contributed by atoms with Crippen LogP contribution in [0, 0.1) is 6.92 Å². The molecule has 0 radical (unpaired) electrons. The van der Waals surface area contributed by atoms with Gasteiger partial charge in [-0.1, -0.05) is 48.5 Å². The van der Waals surface area contributed by atoms with E-state index in [2.05, 4.69) is 40.0 Å². The third kappa shape index (κ3) is 3.60. The second-order valence-electron chi connectivity index (χ2n) is 7.03. The van der Waals surface area contributed by atoms with Crippen LogP contribution in [0.1, 0.15) is 34.2 Å². The number of anilines is 2. The Bertz CT molecular complexity index is 987. The lowest BCUT2D eigenvalue weighted by atomic mass is 10.2. The number of rotatable bonds is 5. The van der Waals surface area contributed by atoms with Gasteiger partial charge < -0.3 is 9.80 Å². The van der Waals surface area contributed by atoms with Crippen LogP contribution in [0.2, 0.25) is 0 Å². The molecule has 28 heavy (non-hydrogen) atoms. The van der Waals surface area contributed by atoms with Crippen molar-refractivity contribution in [1.82, 2.24) is 9.97 Å². The molecule has 2 aromatic carbocycles. The Kier molecular flexibility index (Phi) is 5.06. The monoisotopic (exact) mass is 372 g/mol. The summed E-state index contributed by atoms with van der Waals surface area (Å²) in [6.07, 6.45) is 0.883. The Morgan fingerprint density at radius 1 is 1.07 bits per heavy atom. The van der Waals surface area contributed by atoms with Gasteiger partial charge in [-0.15, -0.1) is 0 Å². The Balaban J connectivity index is 1.63. The zero-order chi connectivity index (χ0) is 19.5. The molecule has 4 rings (SSSR count). The van der Waals surface area contributed by atoms with Gasteiger partial charge in [0.1, 0.15) is 5.69 Å². The highest BCUT2D eigenvalue weighted by atomic mass is 16.2. The van der Waals surface area contributed by atoms with Crippen LogP contribution in [0.5, 0.6) is 0 Å². The fourth-order valence-corrected chi connectivity index (χ4v) is 3.62. The quantitative estimate of drug-likeness (QED) is 0.679. The molecule has 0 spiro atoms. The van der Waals surface area contributed by atoms with Crippen LogP contribution in [-0.4, -0.2) is 29.0 Å². The predicted octanol–water partition coefficient (Wildman–Crippen LogP) is 4.01. The van der Waals surface area contributed by atoms with Crippen molar-refractivity contribution in [3.63, 3.8) is 0 Å². The number of aromatic nitrogens is 2. The van der Waals surface area contributed by atoms with E-state index in [1.165, 1.54) is 11.1 Å². The van der Waals surface area contributed by atoms with Crippen LogP contribution in [-0.2, 0) is 13.0 Å². The molecule has 1 amide bonds. The maximum atomic E-state index is 13.2. The number of benzene rings is 2. The highest BCUT2D eigenvalue weighted by Gasteiger charge is 2.27. The molecule has 0 bridgehead atoms. The summed E-state index contributed by atoms with van der Waals surface area (Å²) >= 11 is 0. The van der Waals surface area contributed by atoms with E-state index in [0.29, 0.717) is 24.7 Å². The number of hydrogen-bond acceptors (Lipinski definition) is 4. The molecule has 0 aliphatic carbocycles. The van der Waals surface area contributed by atoms with E-state index in [9.17, 15) is 4.79 Å². The Labute approximate surface area is 165 Å². The zero-order valence-electron chi connectivity index (χ0n) is 16.3. The van der Waals surface area contributed by atoms with E-state index in [4.69, 9.17) is 0 Å². The molecular formula is C23H24N4O. The first-order chi connectivity index (χ1) is 13.7. The van der Waals surface area contributed by atoms with E-state index in [1.807, 2.05) is 48.2 Å². The molecule has 0 saturated heterocycles. The third-order valence-electron chi connectivity index (χ3n) is 5.07. The summed E-state index contributed by atoms with van der Waals surface area (Å²) in [6.45, 7) is 6.15. The van der Waals surface area contributed by atoms with Crippen molar-refractivity contribution in [1.29, 1.82) is 0 Å². The van der Waals surface area contributed by atoms with E-state index >= 15 is 0 Å². The SMILES string of the molecule is CCN(Cc1ccccc1)c1nc(C)cc(C(=O)N2CCc3ccccc32)n1. The second-order valence-corrected chi connectivity index (χ2v) is 7.03. The number of amides is 1. The Morgan fingerprint density at radius 2 is 1.82 bits per heavy atom. The number of nitrogens with zero attached hydrogens (tertiary/aromatic N) is 4. The van der Waals surface area contributed by atoms with Crippen molar-refractivity contribution in [3.05, 3.63) is 83.2 Å². The van der Waals surface area contributed by atoms with E-state index in [-0.39, 0.29) is 5.91 Å². The van der Waals surface area contributed by atoms with E-state index < -0.39 is 0 Å². The predicted molar refractivity (Wildman–Crippen MR) is 112 cm³/mol. The highest BCUT2D eigenvalue weighted by molar-refractivity contribution is 6.06. The first kappa shape index (κ1) is 18.2. The molecule has 1 aliphatic rings. The molecule has 0 saturated carbocycles. The maximum absolute atomic E-state index is 13.2. The van der Waals surface area contributed by atoms with E-state index in [0.717, 1.165) is 24.3 Å². The van der Waals surface area contributed by atoms with Gasteiger partial charge in [0.15, 0.2) is 0 Å². The number of fused-ring (bicyclic) bond motifs is 1. The van der Waals surface area contributed by atoms with Crippen molar-refractivity contribution in [2.24, 2.45) is 0 Å². The topological polar surface area (TPSA) is 49.3 Å². The van der Waals surface area contributed by atoms with Crippen molar-refractivity contribution in [2.45, 2.75) is 26.8 Å². The summed E-state index contributed by atoms with van der Waals surface area (Å²) in [7, 11) is 0. The lowest BCUT2D eigenvalue weighted by Gasteiger charge is -2.23. The fourth-order valence-electron chi connectivity index (χ4n) is 3.62. The van der Waals surface area contributed by atoms with Gasteiger partial charge in [0.05, 0.1) is 0 Å². The number of carbonyl (C=O) groups is 1. The zero-order valence-corrected chi connectivity index (χ0v) is 16.3. The molecule has 0 fully saturated rings. The molecule has 0 atom stereocenters. The van der Waals surface area contributed by atoms with Crippen LogP contribution in [0.15, 0.2) is 60.7 Å². The molecule has 5 nitrogen and oxygen atoms in total. The first-order valence-electron chi connectivity index (χ1n) is 9.70. The van der Waals surface area contributed by atoms with Gasteiger partial charge in [-0.2, -0.15) is 0 Å². The number of para-hydroxylation sites is 1. The molecule has 2 heterocycles. The average Bonchev–Trinajstić information content (AvgIpc) is 3.16. The minimum absolute atomic E-state index is 0.0625. The first-order valence-corrected chi connectivity index (χ1v) is 9.70. The van der Waals surface area contributed by atoms with Crippen molar-refractivity contribution in [2.75, 3.05) is 22.9 Å². The number of aryl methyl sites for hydroxylation is 1. The number of hydrogen-bond donors (Lipinski definition) is 0. The molecule has 0 unspecified atom stereocenters.